The van der Waals surface area contributed by atoms with Crippen molar-refractivity contribution < 1.29 is 9.53 Å². The van der Waals surface area contributed by atoms with E-state index in [1.54, 1.807) is 31.3 Å². The highest BCUT2D eigenvalue weighted by Crippen LogP contribution is 2.25. The van der Waals surface area contributed by atoms with Gasteiger partial charge in [-0.1, -0.05) is 0 Å². The Labute approximate surface area is 129 Å². The van der Waals surface area contributed by atoms with Crippen LogP contribution in [0.3, 0.4) is 0 Å². The minimum Gasteiger partial charge on any atom is -0.494 e. The molecule has 5 heteroatoms. The van der Waals surface area contributed by atoms with E-state index < -0.39 is 0 Å². The van der Waals surface area contributed by atoms with Crippen molar-refractivity contribution in [1.82, 2.24) is 4.98 Å². The maximum atomic E-state index is 12.2. The molecule has 0 aliphatic rings. The normalized spacial score (nSPS) is 10.2. The number of rotatable bonds is 5. The van der Waals surface area contributed by atoms with Gasteiger partial charge in [0.05, 0.1) is 18.1 Å². The molecule has 0 aliphatic carbocycles. The number of benzene rings is 1. The number of halogens is 1. The number of ether oxygens (including phenoxy) is 1. The van der Waals surface area contributed by atoms with Crippen LogP contribution in [0.2, 0.25) is 0 Å². The quantitative estimate of drug-likeness (QED) is 0.855. The van der Waals surface area contributed by atoms with Crippen molar-refractivity contribution in [2.24, 2.45) is 0 Å². The van der Waals surface area contributed by atoms with E-state index in [0.29, 0.717) is 29.4 Å². The molecule has 0 radical (unpaired) electrons. The molecule has 110 valence electrons. The monoisotopic (exact) mass is 304 g/mol. The summed E-state index contributed by atoms with van der Waals surface area (Å²) in [6, 6.07) is 8.91. The summed E-state index contributed by atoms with van der Waals surface area (Å²) in [6.07, 6.45) is 1.66. The first-order chi connectivity index (χ1) is 10.2. The van der Waals surface area contributed by atoms with E-state index in [0.717, 1.165) is 11.3 Å². The predicted molar refractivity (Wildman–Crippen MR) is 84.1 cm³/mol. The zero-order valence-electron chi connectivity index (χ0n) is 12.0. The van der Waals surface area contributed by atoms with Gasteiger partial charge in [0, 0.05) is 23.1 Å². The van der Waals surface area contributed by atoms with Crippen molar-refractivity contribution in [3.63, 3.8) is 0 Å². The van der Waals surface area contributed by atoms with E-state index in [2.05, 4.69) is 10.3 Å². The largest absolute Gasteiger partial charge is 0.494 e. The molecule has 0 atom stereocenters. The molecule has 0 saturated heterocycles. The third-order valence-corrected chi connectivity index (χ3v) is 3.30. The fraction of sp³-hybridized carbons (Fsp3) is 0.250. The zero-order chi connectivity index (χ0) is 15.2. The van der Waals surface area contributed by atoms with Crippen LogP contribution >= 0.6 is 11.6 Å². The number of pyridine rings is 1. The third kappa shape index (κ3) is 3.73. The van der Waals surface area contributed by atoms with Gasteiger partial charge in [-0.2, -0.15) is 0 Å². The number of hydrogen-bond donors (Lipinski definition) is 1. The minimum absolute atomic E-state index is 0.190. The van der Waals surface area contributed by atoms with Crippen LogP contribution in [-0.4, -0.2) is 17.5 Å². The average Bonchev–Trinajstić information content (AvgIpc) is 2.49. The maximum absolute atomic E-state index is 12.2. The molecule has 2 aromatic rings. The van der Waals surface area contributed by atoms with Gasteiger partial charge in [0.1, 0.15) is 5.75 Å². The van der Waals surface area contributed by atoms with Gasteiger partial charge < -0.3 is 10.1 Å². The lowest BCUT2D eigenvalue weighted by atomic mass is 10.1. The SMILES string of the molecule is CCOc1ccc(NC(=O)c2cccnc2C)cc1CCl. The number of nitrogens with zero attached hydrogens (tertiary/aromatic N) is 1. The Hall–Kier alpha value is -2.07. The Balaban J connectivity index is 2.20. The summed E-state index contributed by atoms with van der Waals surface area (Å²) < 4.78 is 5.48. The first kappa shape index (κ1) is 15.3. The lowest BCUT2D eigenvalue weighted by molar-refractivity contribution is 0.102. The van der Waals surface area contributed by atoms with E-state index in [9.17, 15) is 4.79 Å². The van der Waals surface area contributed by atoms with Crippen LogP contribution in [-0.2, 0) is 5.88 Å². The van der Waals surface area contributed by atoms with Crippen molar-refractivity contribution >= 4 is 23.2 Å². The third-order valence-electron chi connectivity index (χ3n) is 3.01. The van der Waals surface area contributed by atoms with Crippen molar-refractivity contribution in [1.29, 1.82) is 0 Å². The molecule has 4 nitrogen and oxygen atoms in total. The second-order valence-corrected chi connectivity index (χ2v) is 4.75. The van der Waals surface area contributed by atoms with Gasteiger partial charge >= 0.3 is 0 Å². The summed E-state index contributed by atoms with van der Waals surface area (Å²) in [5.41, 5.74) is 2.78. The average molecular weight is 305 g/mol. The number of anilines is 1. The Morgan fingerprint density at radius 1 is 1.38 bits per heavy atom. The topological polar surface area (TPSA) is 51.2 Å². The molecule has 1 heterocycles. The Morgan fingerprint density at radius 2 is 2.19 bits per heavy atom. The van der Waals surface area contributed by atoms with Crippen LogP contribution in [0.25, 0.3) is 0 Å². The number of alkyl halides is 1. The first-order valence-corrected chi connectivity index (χ1v) is 7.23. The molecule has 0 aliphatic heterocycles. The fourth-order valence-electron chi connectivity index (χ4n) is 1.98. The molecule has 1 aromatic heterocycles. The standard InChI is InChI=1S/C16H17ClN2O2/c1-3-21-15-7-6-13(9-12(15)10-17)19-16(20)14-5-4-8-18-11(14)2/h4-9H,3,10H2,1-2H3,(H,19,20). The number of carbonyl (C=O) groups excluding carboxylic acids is 1. The van der Waals surface area contributed by atoms with Gasteiger partial charge in [-0.15, -0.1) is 11.6 Å². The Kier molecular flexibility index (Phi) is 5.17. The molecule has 0 spiro atoms. The number of nitrogens with one attached hydrogen (secondary N) is 1. The highest BCUT2D eigenvalue weighted by atomic mass is 35.5. The van der Waals surface area contributed by atoms with Crippen molar-refractivity contribution in [2.45, 2.75) is 19.7 Å². The smallest absolute Gasteiger partial charge is 0.257 e. The van der Waals surface area contributed by atoms with Gasteiger partial charge in [-0.05, 0) is 44.2 Å². The summed E-state index contributed by atoms with van der Waals surface area (Å²) in [5, 5.41) is 2.85. The number of amides is 1. The van der Waals surface area contributed by atoms with Gasteiger partial charge in [-0.25, -0.2) is 0 Å². The van der Waals surface area contributed by atoms with Crippen LogP contribution < -0.4 is 10.1 Å². The maximum Gasteiger partial charge on any atom is 0.257 e. The molecule has 0 fully saturated rings. The van der Waals surface area contributed by atoms with Crippen LogP contribution in [0.15, 0.2) is 36.5 Å². The molecule has 1 amide bonds. The molecule has 1 aromatic carbocycles. The zero-order valence-corrected chi connectivity index (χ0v) is 12.8. The highest BCUT2D eigenvalue weighted by molar-refractivity contribution is 6.17. The number of aromatic nitrogens is 1. The van der Waals surface area contributed by atoms with Crippen LogP contribution in [0.4, 0.5) is 5.69 Å². The van der Waals surface area contributed by atoms with Crippen LogP contribution in [0.1, 0.15) is 28.5 Å². The lowest BCUT2D eigenvalue weighted by Gasteiger charge is -2.11. The summed E-state index contributed by atoms with van der Waals surface area (Å²) in [5.74, 6) is 0.874. The van der Waals surface area contributed by atoms with Crippen molar-refractivity contribution in [2.75, 3.05) is 11.9 Å². The molecule has 2 rings (SSSR count). The highest BCUT2D eigenvalue weighted by Gasteiger charge is 2.11. The summed E-state index contributed by atoms with van der Waals surface area (Å²) >= 11 is 5.92. The van der Waals surface area contributed by atoms with Crippen molar-refractivity contribution in [3.05, 3.63) is 53.3 Å². The molecule has 0 unspecified atom stereocenters. The second-order valence-electron chi connectivity index (χ2n) is 4.48. The second kappa shape index (κ2) is 7.09. The van der Waals surface area contributed by atoms with Gasteiger partial charge in [0.15, 0.2) is 0 Å². The summed E-state index contributed by atoms with van der Waals surface area (Å²) in [4.78, 5) is 16.3. The van der Waals surface area contributed by atoms with E-state index in [1.807, 2.05) is 19.1 Å². The number of aryl methyl sites for hydroxylation is 1. The van der Waals surface area contributed by atoms with Crippen molar-refractivity contribution in [3.8, 4) is 5.75 Å². The van der Waals surface area contributed by atoms with Gasteiger partial charge in [0.25, 0.3) is 5.91 Å². The number of carbonyl (C=O) groups is 1. The number of hydrogen-bond acceptors (Lipinski definition) is 3. The molecule has 0 bridgehead atoms. The Morgan fingerprint density at radius 3 is 2.86 bits per heavy atom. The summed E-state index contributed by atoms with van der Waals surface area (Å²) in [7, 11) is 0. The Bertz CT molecular complexity index is 644. The molecular weight excluding hydrogens is 288 g/mol. The van der Waals surface area contributed by atoms with E-state index in [-0.39, 0.29) is 5.91 Å². The van der Waals surface area contributed by atoms with Crippen LogP contribution in [0.5, 0.6) is 5.75 Å². The van der Waals surface area contributed by atoms with Crippen LogP contribution in [0, 0.1) is 6.92 Å². The van der Waals surface area contributed by atoms with E-state index >= 15 is 0 Å². The molecule has 1 N–H and O–H groups in total. The van der Waals surface area contributed by atoms with Gasteiger partial charge in [-0.3, -0.25) is 9.78 Å². The lowest BCUT2D eigenvalue weighted by Crippen LogP contribution is -2.14. The molecule has 21 heavy (non-hydrogen) atoms. The minimum atomic E-state index is -0.190. The molecule has 0 saturated carbocycles. The fourth-order valence-corrected chi connectivity index (χ4v) is 2.19. The molecular formula is C16H17ClN2O2. The van der Waals surface area contributed by atoms with E-state index in [1.165, 1.54) is 0 Å². The van der Waals surface area contributed by atoms with Gasteiger partial charge in [0.2, 0.25) is 0 Å². The van der Waals surface area contributed by atoms with E-state index in [4.69, 9.17) is 16.3 Å². The first-order valence-electron chi connectivity index (χ1n) is 6.70. The predicted octanol–water partition coefficient (Wildman–Crippen LogP) is 3.78. The summed E-state index contributed by atoms with van der Waals surface area (Å²) in [6.45, 7) is 4.29.